The summed E-state index contributed by atoms with van der Waals surface area (Å²) < 4.78 is 0. The highest BCUT2D eigenvalue weighted by Gasteiger charge is 2.24. The number of aryl methyl sites for hydroxylation is 1. The number of benzene rings is 1. The number of fused-ring (bicyclic) bond motifs is 1. The van der Waals surface area contributed by atoms with Crippen LogP contribution in [-0.4, -0.2) is 41.0 Å². The van der Waals surface area contributed by atoms with Crippen LogP contribution in [0.15, 0.2) is 24.3 Å². The lowest BCUT2D eigenvalue weighted by atomic mass is 10.0. The quantitative estimate of drug-likeness (QED) is 0.895. The lowest BCUT2D eigenvalue weighted by Gasteiger charge is -2.34. The zero-order chi connectivity index (χ0) is 18.0. The molecule has 0 unspecified atom stereocenters. The molecule has 5 heteroatoms. The Kier molecular flexibility index (Phi) is 5.60. The topological polar surface area (TPSA) is 45.2 Å². The van der Waals surface area contributed by atoms with Crippen LogP contribution in [0.25, 0.3) is 10.8 Å². The van der Waals surface area contributed by atoms with E-state index in [1.807, 2.05) is 31.2 Å². The van der Waals surface area contributed by atoms with E-state index in [0.29, 0.717) is 16.8 Å². The summed E-state index contributed by atoms with van der Waals surface area (Å²) in [6.07, 6.45) is 2.74. The van der Waals surface area contributed by atoms with Crippen LogP contribution < -0.4 is 5.32 Å². The predicted octanol–water partition coefficient (Wildman–Crippen LogP) is 4.05. The number of halogens is 1. The van der Waals surface area contributed by atoms with Gasteiger partial charge in [0.2, 0.25) is 0 Å². The number of likely N-dealkylation sites (tertiary alicyclic amines) is 1. The molecule has 1 N–H and O–H groups in total. The molecule has 4 nitrogen and oxygen atoms in total. The first kappa shape index (κ1) is 18.2. The molecule has 2 heterocycles. The minimum Gasteiger partial charge on any atom is -0.348 e. The van der Waals surface area contributed by atoms with E-state index in [0.717, 1.165) is 48.8 Å². The van der Waals surface area contributed by atoms with Crippen molar-refractivity contribution < 1.29 is 4.79 Å². The zero-order valence-electron chi connectivity index (χ0n) is 15.2. The normalized spacial score (nSPS) is 16.5. The number of amides is 1. The Balaban J connectivity index is 1.83. The van der Waals surface area contributed by atoms with Crippen molar-refractivity contribution in [1.29, 1.82) is 0 Å². The molecule has 1 amide bonds. The van der Waals surface area contributed by atoms with Crippen molar-refractivity contribution in [1.82, 2.24) is 15.2 Å². The van der Waals surface area contributed by atoms with Crippen LogP contribution in [0, 0.1) is 0 Å². The van der Waals surface area contributed by atoms with Gasteiger partial charge in [-0.1, -0.05) is 30.7 Å². The van der Waals surface area contributed by atoms with E-state index in [-0.39, 0.29) is 11.9 Å². The minimum atomic E-state index is -0.114. The number of aromatic nitrogens is 1. The molecule has 1 saturated heterocycles. The standard InChI is InChI=1S/C20H26ClN3O/c1-4-15-12-14-6-5-7-17(21)18(14)19(22-15)20(25)23-16-8-10-24(11-9-16)13(2)3/h5-7,12-13,16H,4,8-11H2,1-3H3,(H,23,25). The Morgan fingerprint density at radius 1 is 1.36 bits per heavy atom. The van der Waals surface area contributed by atoms with Gasteiger partial charge in [-0.3, -0.25) is 4.79 Å². The smallest absolute Gasteiger partial charge is 0.270 e. The van der Waals surface area contributed by atoms with E-state index >= 15 is 0 Å². The first-order chi connectivity index (χ1) is 12.0. The van der Waals surface area contributed by atoms with Crippen molar-refractivity contribution in [2.24, 2.45) is 0 Å². The summed E-state index contributed by atoms with van der Waals surface area (Å²) in [6, 6.07) is 8.48. The number of piperidine rings is 1. The van der Waals surface area contributed by atoms with Crippen molar-refractivity contribution in [3.8, 4) is 0 Å². The summed E-state index contributed by atoms with van der Waals surface area (Å²) in [7, 11) is 0. The van der Waals surface area contributed by atoms with E-state index < -0.39 is 0 Å². The maximum absolute atomic E-state index is 12.9. The number of nitrogens with zero attached hydrogens (tertiary/aromatic N) is 2. The molecular weight excluding hydrogens is 334 g/mol. The molecule has 1 aliphatic rings. The van der Waals surface area contributed by atoms with Gasteiger partial charge in [0.1, 0.15) is 5.69 Å². The van der Waals surface area contributed by atoms with E-state index in [1.165, 1.54) is 0 Å². The molecule has 0 bridgehead atoms. The van der Waals surface area contributed by atoms with E-state index in [1.54, 1.807) is 0 Å². The van der Waals surface area contributed by atoms with Gasteiger partial charge in [-0.15, -0.1) is 0 Å². The highest BCUT2D eigenvalue weighted by Crippen LogP contribution is 2.27. The fraction of sp³-hybridized carbons (Fsp3) is 0.500. The Morgan fingerprint density at radius 3 is 2.72 bits per heavy atom. The molecule has 0 aliphatic carbocycles. The molecule has 1 aromatic heterocycles. The molecule has 0 radical (unpaired) electrons. The van der Waals surface area contributed by atoms with Gasteiger partial charge in [-0.2, -0.15) is 0 Å². The first-order valence-corrected chi connectivity index (χ1v) is 9.50. The van der Waals surface area contributed by atoms with Crippen LogP contribution in [0.4, 0.5) is 0 Å². The van der Waals surface area contributed by atoms with E-state index in [2.05, 4.69) is 29.0 Å². The molecular formula is C20H26ClN3O. The molecule has 1 aliphatic heterocycles. The van der Waals surface area contributed by atoms with Gasteiger partial charge < -0.3 is 10.2 Å². The summed E-state index contributed by atoms with van der Waals surface area (Å²) in [4.78, 5) is 19.9. The summed E-state index contributed by atoms with van der Waals surface area (Å²) in [5, 5.41) is 5.47. The number of nitrogens with one attached hydrogen (secondary N) is 1. The monoisotopic (exact) mass is 359 g/mol. The fourth-order valence-electron chi connectivity index (χ4n) is 3.48. The van der Waals surface area contributed by atoms with Crippen molar-refractivity contribution in [2.45, 2.75) is 52.1 Å². The molecule has 2 aromatic rings. The summed E-state index contributed by atoms with van der Waals surface area (Å²) in [5.41, 5.74) is 1.36. The molecule has 25 heavy (non-hydrogen) atoms. The van der Waals surface area contributed by atoms with Gasteiger partial charge in [0.25, 0.3) is 5.91 Å². The number of rotatable bonds is 4. The molecule has 134 valence electrons. The van der Waals surface area contributed by atoms with Crippen LogP contribution >= 0.6 is 11.6 Å². The Morgan fingerprint density at radius 2 is 2.08 bits per heavy atom. The molecule has 1 aromatic carbocycles. The SMILES string of the molecule is CCc1cc2cccc(Cl)c2c(C(=O)NC2CCN(C(C)C)CC2)n1. The lowest BCUT2D eigenvalue weighted by molar-refractivity contribution is 0.0897. The second-order valence-electron chi connectivity index (χ2n) is 7.03. The molecule has 3 rings (SSSR count). The van der Waals surface area contributed by atoms with Crippen molar-refractivity contribution in [2.75, 3.05) is 13.1 Å². The number of hydrogen-bond donors (Lipinski definition) is 1. The van der Waals surface area contributed by atoms with Gasteiger partial charge in [-0.25, -0.2) is 4.98 Å². The van der Waals surface area contributed by atoms with E-state index in [9.17, 15) is 4.79 Å². The number of hydrogen-bond acceptors (Lipinski definition) is 3. The highest BCUT2D eigenvalue weighted by atomic mass is 35.5. The second kappa shape index (κ2) is 7.71. The van der Waals surface area contributed by atoms with Crippen LogP contribution in [0.1, 0.15) is 49.8 Å². The van der Waals surface area contributed by atoms with Gasteiger partial charge in [-0.05, 0) is 50.6 Å². The predicted molar refractivity (Wildman–Crippen MR) is 103 cm³/mol. The third-order valence-electron chi connectivity index (χ3n) is 5.03. The van der Waals surface area contributed by atoms with Crippen LogP contribution in [0.5, 0.6) is 0 Å². The van der Waals surface area contributed by atoms with Crippen LogP contribution in [-0.2, 0) is 6.42 Å². The Labute approximate surface area is 154 Å². The van der Waals surface area contributed by atoms with E-state index in [4.69, 9.17) is 11.6 Å². The first-order valence-electron chi connectivity index (χ1n) is 9.12. The van der Waals surface area contributed by atoms with Gasteiger partial charge >= 0.3 is 0 Å². The van der Waals surface area contributed by atoms with Crippen molar-refractivity contribution in [3.63, 3.8) is 0 Å². The van der Waals surface area contributed by atoms with Crippen molar-refractivity contribution >= 4 is 28.3 Å². The fourth-order valence-corrected chi connectivity index (χ4v) is 3.75. The van der Waals surface area contributed by atoms with Gasteiger partial charge in [0.15, 0.2) is 0 Å². The highest BCUT2D eigenvalue weighted by molar-refractivity contribution is 6.36. The number of carbonyl (C=O) groups is 1. The van der Waals surface area contributed by atoms with Crippen LogP contribution in [0.2, 0.25) is 5.02 Å². The van der Waals surface area contributed by atoms with Gasteiger partial charge in [0.05, 0.1) is 5.02 Å². The van der Waals surface area contributed by atoms with Crippen LogP contribution in [0.3, 0.4) is 0 Å². The molecule has 0 saturated carbocycles. The van der Waals surface area contributed by atoms with Crippen molar-refractivity contribution in [3.05, 3.63) is 40.7 Å². The largest absolute Gasteiger partial charge is 0.348 e. The molecule has 1 fully saturated rings. The zero-order valence-corrected chi connectivity index (χ0v) is 15.9. The maximum atomic E-state index is 12.9. The number of pyridine rings is 1. The summed E-state index contributed by atoms with van der Waals surface area (Å²) in [6.45, 7) is 8.52. The second-order valence-corrected chi connectivity index (χ2v) is 7.44. The average Bonchev–Trinajstić information content (AvgIpc) is 2.61. The maximum Gasteiger partial charge on any atom is 0.270 e. The Bertz CT molecular complexity index is 767. The number of carbonyl (C=O) groups excluding carboxylic acids is 1. The summed E-state index contributed by atoms with van der Waals surface area (Å²) >= 11 is 6.37. The molecule has 0 atom stereocenters. The lowest BCUT2D eigenvalue weighted by Crippen LogP contribution is -2.46. The molecule has 0 spiro atoms. The third kappa shape index (κ3) is 3.96. The average molecular weight is 360 g/mol. The van der Waals surface area contributed by atoms with Gasteiger partial charge in [0, 0.05) is 36.3 Å². The third-order valence-corrected chi connectivity index (χ3v) is 5.35. The summed E-state index contributed by atoms with van der Waals surface area (Å²) in [5.74, 6) is -0.114. The Hall–Kier alpha value is -1.65. The minimum absolute atomic E-state index is 0.114.